The number of nitriles is 1. The second-order valence-corrected chi connectivity index (χ2v) is 8.95. The van der Waals surface area contributed by atoms with E-state index in [4.69, 9.17) is 23.2 Å². The lowest BCUT2D eigenvalue weighted by molar-refractivity contribution is 0.404. The number of hydrogen-bond acceptors (Lipinski definition) is 5. The van der Waals surface area contributed by atoms with Crippen LogP contribution in [0, 0.1) is 24.2 Å². The maximum absolute atomic E-state index is 12.8. The lowest BCUT2D eigenvalue weighted by Crippen LogP contribution is -2.46. The number of aromatic nitrogens is 2. The summed E-state index contributed by atoms with van der Waals surface area (Å²) in [4.78, 5) is 19.4. The van der Waals surface area contributed by atoms with Gasteiger partial charge in [0.05, 0.1) is 11.2 Å². The fraction of sp³-hybridized carbons (Fsp3) is 0.348. The predicted molar refractivity (Wildman–Crippen MR) is 126 cm³/mol. The molecule has 2 aromatic heterocycles. The van der Waals surface area contributed by atoms with Gasteiger partial charge in [-0.15, -0.1) is 0 Å². The molecule has 0 saturated carbocycles. The van der Waals surface area contributed by atoms with E-state index in [1.165, 1.54) is 4.57 Å². The summed E-state index contributed by atoms with van der Waals surface area (Å²) in [6.07, 6.45) is 0.853. The summed E-state index contributed by atoms with van der Waals surface area (Å²) in [5.41, 5.74) is 3.78. The number of fused-ring (bicyclic) bond motifs is 1. The van der Waals surface area contributed by atoms with Crippen LogP contribution in [0.5, 0.6) is 0 Å². The zero-order valence-corrected chi connectivity index (χ0v) is 19.1. The molecule has 1 aliphatic heterocycles. The van der Waals surface area contributed by atoms with Gasteiger partial charge in [-0.25, -0.2) is 4.98 Å². The molecule has 2 atom stereocenters. The third kappa shape index (κ3) is 3.96. The van der Waals surface area contributed by atoms with Crippen LogP contribution < -0.4 is 15.8 Å². The van der Waals surface area contributed by atoms with E-state index in [0.29, 0.717) is 35.0 Å². The number of anilines is 2. The van der Waals surface area contributed by atoms with Crippen molar-refractivity contribution >= 4 is 45.6 Å². The van der Waals surface area contributed by atoms with Gasteiger partial charge in [0.1, 0.15) is 22.3 Å². The molecule has 0 unspecified atom stereocenters. The Morgan fingerprint density at radius 1 is 1.26 bits per heavy atom. The molecule has 1 fully saturated rings. The van der Waals surface area contributed by atoms with Crippen LogP contribution >= 0.6 is 23.2 Å². The van der Waals surface area contributed by atoms with Crippen LogP contribution in [-0.2, 0) is 7.05 Å². The molecule has 1 aromatic carbocycles. The number of rotatable bonds is 3. The number of benzene rings is 1. The number of hydrogen-bond donors (Lipinski definition) is 1. The molecule has 1 N–H and O–H groups in total. The molecule has 0 aliphatic carbocycles. The van der Waals surface area contributed by atoms with Gasteiger partial charge in [-0.1, -0.05) is 30.1 Å². The largest absolute Gasteiger partial charge is 0.382 e. The van der Waals surface area contributed by atoms with Crippen LogP contribution in [0.4, 0.5) is 11.4 Å². The van der Waals surface area contributed by atoms with Crippen molar-refractivity contribution in [1.82, 2.24) is 9.55 Å². The van der Waals surface area contributed by atoms with E-state index in [2.05, 4.69) is 28.2 Å². The molecule has 31 heavy (non-hydrogen) atoms. The van der Waals surface area contributed by atoms with Crippen LogP contribution in [0.15, 0.2) is 35.1 Å². The fourth-order valence-electron chi connectivity index (χ4n) is 4.33. The highest BCUT2D eigenvalue weighted by Crippen LogP contribution is 2.33. The maximum Gasteiger partial charge on any atom is 0.270 e. The number of aryl methyl sites for hydroxylation is 2. The molecule has 160 valence electrons. The highest BCUT2D eigenvalue weighted by atomic mass is 35.5. The smallest absolute Gasteiger partial charge is 0.270 e. The van der Waals surface area contributed by atoms with Gasteiger partial charge in [0, 0.05) is 36.9 Å². The Kier molecular flexibility index (Phi) is 5.83. The van der Waals surface area contributed by atoms with Crippen LogP contribution in [-0.4, -0.2) is 28.7 Å². The Labute approximate surface area is 191 Å². The molecule has 1 aliphatic rings. The zero-order chi connectivity index (χ0) is 22.3. The van der Waals surface area contributed by atoms with Gasteiger partial charge in [0.15, 0.2) is 0 Å². The fourth-order valence-corrected chi connectivity index (χ4v) is 4.70. The van der Waals surface area contributed by atoms with Crippen LogP contribution in [0.25, 0.3) is 11.0 Å². The van der Waals surface area contributed by atoms with Gasteiger partial charge in [0.2, 0.25) is 0 Å². The minimum absolute atomic E-state index is 0.108. The highest BCUT2D eigenvalue weighted by Gasteiger charge is 2.30. The third-order valence-corrected chi connectivity index (χ3v) is 6.49. The molecule has 8 heteroatoms. The normalized spacial score (nSPS) is 18.8. The number of piperidine rings is 1. The van der Waals surface area contributed by atoms with Gasteiger partial charge in [-0.2, -0.15) is 5.26 Å². The first-order chi connectivity index (χ1) is 14.8. The van der Waals surface area contributed by atoms with E-state index < -0.39 is 0 Å². The van der Waals surface area contributed by atoms with Crippen LogP contribution in [0.1, 0.15) is 24.5 Å². The first-order valence-corrected chi connectivity index (χ1v) is 10.9. The quantitative estimate of drug-likeness (QED) is 0.576. The molecular formula is C23H23Cl2N5O. The van der Waals surface area contributed by atoms with Crippen molar-refractivity contribution in [2.45, 2.75) is 26.3 Å². The summed E-state index contributed by atoms with van der Waals surface area (Å²) in [5.74, 6) is 0.272. The molecule has 0 spiro atoms. The summed E-state index contributed by atoms with van der Waals surface area (Å²) in [6.45, 7) is 5.59. The van der Waals surface area contributed by atoms with Crippen molar-refractivity contribution < 1.29 is 0 Å². The van der Waals surface area contributed by atoms with Crippen molar-refractivity contribution in [1.29, 1.82) is 5.26 Å². The molecule has 6 nitrogen and oxygen atoms in total. The standard InChI is InChI=1S/C23H23Cl2N5O/c1-13-10-15(24)4-5-17(13)27-18-8-9-30(12-14(18)2)22-16(11-26)23(31)29(3)19-6-7-20(25)28-21(19)22/h4-7,10,14,18,27H,8-9,12H2,1-3H3/t14-,18+/m0/s1. The van der Waals surface area contributed by atoms with Gasteiger partial charge >= 0.3 is 0 Å². The minimum atomic E-state index is -0.321. The van der Waals surface area contributed by atoms with E-state index in [1.54, 1.807) is 19.2 Å². The molecular weight excluding hydrogens is 433 g/mol. The Morgan fingerprint density at radius 3 is 2.71 bits per heavy atom. The van der Waals surface area contributed by atoms with E-state index >= 15 is 0 Å². The summed E-state index contributed by atoms with van der Waals surface area (Å²) < 4.78 is 1.46. The summed E-state index contributed by atoms with van der Waals surface area (Å²) in [6, 6.07) is 11.6. The van der Waals surface area contributed by atoms with Crippen molar-refractivity contribution in [3.63, 3.8) is 0 Å². The molecule has 3 aromatic rings. The summed E-state index contributed by atoms with van der Waals surface area (Å²) in [7, 11) is 1.65. The topological polar surface area (TPSA) is 74.0 Å². The van der Waals surface area contributed by atoms with Gasteiger partial charge < -0.3 is 14.8 Å². The maximum atomic E-state index is 12.8. The average Bonchev–Trinajstić information content (AvgIpc) is 2.73. The Bertz CT molecular complexity index is 1260. The Balaban J connectivity index is 1.68. The summed E-state index contributed by atoms with van der Waals surface area (Å²) in [5, 5.41) is 14.5. The molecule has 0 amide bonds. The van der Waals surface area contributed by atoms with Crippen LogP contribution in [0.2, 0.25) is 10.2 Å². The second-order valence-electron chi connectivity index (χ2n) is 8.12. The number of nitrogens with one attached hydrogen (secondary N) is 1. The molecule has 1 saturated heterocycles. The molecule has 0 bridgehead atoms. The Hall–Kier alpha value is -2.75. The minimum Gasteiger partial charge on any atom is -0.382 e. The molecule has 3 heterocycles. The zero-order valence-electron chi connectivity index (χ0n) is 17.6. The number of nitrogens with zero attached hydrogens (tertiary/aromatic N) is 4. The van der Waals surface area contributed by atoms with Crippen molar-refractivity contribution in [2.24, 2.45) is 13.0 Å². The van der Waals surface area contributed by atoms with Crippen molar-refractivity contribution in [3.05, 3.63) is 62.0 Å². The SMILES string of the molecule is Cc1cc(Cl)ccc1N[C@@H]1CCN(c2c(C#N)c(=O)n(C)c3ccc(Cl)nc23)C[C@@H]1C. The monoisotopic (exact) mass is 455 g/mol. The Morgan fingerprint density at radius 2 is 2.03 bits per heavy atom. The van der Waals surface area contributed by atoms with E-state index in [-0.39, 0.29) is 23.1 Å². The van der Waals surface area contributed by atoms with Gasteiger partial charge in [-0.05, 0) is 55.2 Å². The first-order valence-electron chi connectivity index (χ1n) is 10.2. The summed E-state index contributed by atoms with van der Waals surface area (Å²) >= 11 is 12.2. The predicted octanol–water partition coefficient (Wildman–Crippen LogP) is 4.75. The average molecular weight is 456 g/mol. The van der Waals surface area contributed by atoms with E-state index in [9.17, 15) is 10.1 Å². The van der Waals surface area contributed by atoms with Gasteiger partial charge in [-0.3, -0.25) is 4.79 Å². The second kappa shape index (κ2) is 8.41. The third-order valence-electron chi connectivity index (χ3n) is 6.04. The van der Waals surface area contributed by atoms with Crippen LogP contribution in [0.3, 0.4) is 0 Å². The highest BCUT2D eigenvalue weighted by molar-refractivity contribution is 6.30. The number of pyridine rings is 2. The lowest BCUT2D eigenvalue weighted by atomic mass is 9.92. The van der Waals surface area contributed by atoms with Crippen molar-refractivity contribution in [3.8, 4) is 6.07 Å². The first kappa shape index (κ1) is 21.5. The lowest BCUT2D eigenvalue weighted by Gasteiger charge is -2.39. The van der Waals surface area contributed by atoms with Gasteiger partial charge in [0.25, 0.3) is 5.56 Å². The van der Waals surface area contributed by atoms with E-state index in [0.717, 1.165) is 22.7 Å². The van der Waals surface area contributed by atoms with Crippen molar-refractivity contribution in [2.75, 3.05) is 23.3 Å². The number of halogens is 2. The van der Waals surface area contributed by atoms with E-state index in [1.807, 2.05) is 25.1 Å². The molecule has 0 radical (unpaired) electrons. The molecule has 4 rings (SSSR count).